The zero-order chi connectivity index (χ0) is 12.3. The third kappa shape index (κ3) is 2.73. The van der Waals surface area contributed by atoms with Crippen LogP contribution in [0, 0.1) is 0 Å². The van der Waals surface area contributed by atoms with Crippen molar-refractivity contribution >= 4 is 33.4 Å². The Kier molecular flexibility index (Phi) is 3.91. The number of anilines is 1. The lowest BCUT2D eigenvalue weighted by Gasteiger charge is -2.09. The van der Waals surface area contributed by atoms with Gasteiger partial charge in [-0.15, -0.1) is 0 Å². The summed E-state index contributed by atoms with van der Waals surface area (Å²) in [5, 5.41) is 0.882. The largest absolute Gasteiger partial charge is 0.495 e. The first-order chi connectivity index (χ1) is 8.22. The molecule has 0 aliphatic carbocycles. The van der Waals surface area contributed by atoms with E-state index < -0.39 is 0 Å². The molecule has 5 heteroatoms. The fourth-order valence-electron chi connectivity index (χ4n) is 1.34. The molecule has 2 N–H and O–H groups in total. The lowest BCUT2D eigenvalue weighted by molar-refractivity contribution is 0.416. The van der Waals surface area contributed by atoms with Gasteiger partial charge in [-0.1, -0.05) is 17.8 Å². The molecule has 0 aliphatic heterocycles. The Morgan fingerprint density at radius 1 is 1.29 bits per heavy atom. The predicted octanol–water partition coefficient (Wildman–Crippen LogP) is 3.59. The molecule has 0 amide bonds. The summed E-state index contributed by atoms with van der Waals surface area (Å²) in [4.78, 5) is 5.22. The molecule has 17 heavy (non-hydrogen) atoms. The van der Waals surface area contributed by atoms with E-state index in [0.29, 0.717) is 11.4 Å². The van der Waals surface area contributed by atoms with Gasteiger partial charge < -0.3 is 10.5 Å². The van der Waals surface area contributed by atoms with E-state index in [1.54, 1.807) is 13.3 Å². The number of halogens is 1. The second kappa shape index (κ2) is 5.42. The normalized spacial score (nSPS) is 10.2. The number of nitrogens with zero attached hydrogens (tertiary/aromatic N) is 1. The molecule has 2 aromatic rings. The van der Waals surface area contributed by atoms with Crippen LogP contribution in [0.1, 0.15) is 0 Å². The highest BCUT2D eigenvalue weighted by Gasteiger charge is 2.09. The van der Waals surface area contributed by atoms with Gasteiger partial charge in [-0.05, 0) is 40.2 Å². The minimum Gasteiger partial charge on any atom is -0.495 e. The van der Waals surface area contributed by atoms with E-state index in [4.69, 9.17) is 10.5 Å². The fraction of sp³-hybridized carbons (Fsp3) is 0.0833. The molecule has 0 saturated carbocycles. The molecule has 1 aromatic heterocycles. The highest BCUT2D eigenvalue weighted by molar-refractivity contribution is 9.10. The Morgan fingerprint density at radius 3 is 2.82 bits per heavy atom. The highest BCUT2D eigenvalue weighted by Crippen LogP contribution is 2.38. The van der Waals surface area contributed by atoms with Crippen LogP contribution >= 0.6 is 27.7 Å². The minimum absolute atomic E-state index is 0.637. The van der Waals surface area contributed by atoms with Crippen LogP contribution in [0.15, 0.2) is 50.9 Å². The zero-order valence-electron chi connectivity index (χ0n) is 9.18. The van der Waals surface area contributed by atoms with Gasteiger partial charge in [0, 0.05) is 11.1 Å². The number of ether oxygens (including phenoxy) is 1. The maximum absolute atomic E-state index is 6.00. The van der Waals surface area contributed by atoms with Crippen LogP contribution in [0.25, 0.3) is 0 Å². The molecule has 0 atom stereocenters. The van der Waals surface area contributed by atoms with Gasteiger partial charge in [0.15, 0.2) is 0 Å². The number of nitrogens with two attached hydrogens (primary N) is 1. The number of hydrogen-bond donors (Lipinski definition) is 1. The van der Waals surface area contributed by atoms with E-state index in [-0.39, 0.29) is 0 Å². The van der Waals surface area contributed by atoms with Gasteiger partial charge in [0.1, 0.15) is 10.8 Å². The highest BCUT2D eigenvalue weighted by atomic mass is 79.9. The Labute approximate surface area is 113 Å². The summed E-state index contributed by atoms with van der Waals surface area (Å²) >= 11 is 4.97. The summed E-state index contributed by atoms with van der Waals surface area (Å²) in [5.74, 6) is 0.682. The van der Waals surface area contributed by atoms with Gasteiger partial charge in [-0.25, -0.2) is 4.98 Å². The molecule has 0 unspecified atom stereocenters. The maximum Gasteiger partial charge on any atom is 0.142 e. The molecule has 0 aliphatic rings. The summed E-state index contributed by atoms with van der Waals surface area (Å²) in [6, 6.07) is 9.53. The molecular formula is C12H11BrN2OS. The number of aromatic nitrogens is 1. The second-order valence-corrected chi connectivity index (χ2v) is 5.15. The third-order valence-corrected chi connectivity index (χ3v) is 4.17. The molecule has 0 fully saturated rings. The van der Waals surface area contributed by atoms with Crippen molar-refractivity contribution in [1.82, 2.24) is 4.98 Å². The quantitative estimate of drug-likeness (QED) is 0.880. The van der Waals surface area contributed by atoms with E-state index in [1.807, 2.05) is 30.3 Å². The van der Waals surface area contributed by atoms with Gasteiger partial charge in [0.05, 0.1) is 17.3 Å². The van der Waals surface area contributed by atoms with Gasteiger partial charge in [-0.2, -0.15) is 0 Å². The van der Waals surface area contributed by atoms with Gasteiger partial charge >= 0.3 is 0 Å². The number of pyridine rings is 1. The van der Waals surface area contributed by atoms with Crippen molar-refractivity contribution in [3.63, 3.8) is 0 Å². The van der Waals surface area contributed by atoms with E-state index in [1.165, 1.54) is 11.8 Å². The van der Waals surface area contributed by atoms with Gasteiger partial charge in [0.25, 0.3) is 0 Å². The van der Waals surface area contributed by atoms with Crippen molar-refractivity contribution in [2.45, 2.75) is 9.92 Å². The first-order valence-electron chi connectivity index (χ1n) is 4.93. The first-order valence-corrected chi connectivity index (χ1v) is 6.54. The monoisotopic (exact) mass is 310 g/mol. The van der Waals surface area contributed by atoms with Crippen LogP contribution in [0.4, 0.5) is 5.69 Å². The molecule has 88 valence electrons. The molecular weight excluding hydrogens is 300 g/mol. The summed E-state index contributed by atoms with van der Waals surface area (Å²) in [6.07, 6.45) is 1.75. The molecule has 1 aromatic carbocycles. The average Bonchev–Trinajstić information content (AvgIpc) is 2.34. The average molecular weight is 311 g/mol. The van der Waals surface area contributed by atoms with Crippen molar-refractivity contribution < 1.29 is 4.74 Å². The van der Waals surface area contributed by atoms with Crippen LogP contribution < -0.4 is 10.5 Å². The lowest BCUT2D eigenvalue weighted by Crippen LogP contribution is -1.94. The van der Waals surface area contributed by atoms with Crippen molar-refractivity contribution in [1.29, 1.82) is 0 Å². The topological polar surface area (TPSA) is 48.1 Å². The molecule has 0 radical (unpaired) electrons. The van der Waals surface area contributed by atoms with E-state index in [0.717, 1.165) is 14.4 Å². The Bertz CT molecular complexity index is 534. The number of rotatable bonds is 3. The van der Waals surface area contributed by atoms with Crippen LogP contribution in [-0.2, 0) is 0 Å². The van der Waals surface area contributed by atoms with Crippen molar-refractivity contribution in [3.05, 3.63) is 41.0 Å². The van der Waals surface area contributed by atoms with Crippen molar-refractivity contribution in [2.24, 2.45) is 0 Å². The number of nitrogen functional groups attached to an aromatic ring is 1. The summed E-state index contributed by atoms with van der Waals surface area (Å²) < 4.78 is 6.13. The Hall–Kier alpha value is -1.20. The predicted molar refractivity (Wildman–Crippen MR) is 73.5 cm³/mol. The number of para-hydroxylation sites is 1. The number of hydrogen-bond acceptors (Lipinski definition) is 4. The zero-order valence-corrected chi connectivity index (χ0v) is 11.6. The molecule has 0 bridgehead atoms. The van der Waals surface area contributed by atoms with E-state index in [2.05, 4.69) is 20.9 Å². The third-order valence-electron chi connectivity index (χ3n) is 2.18. The standard InChI is InChI=1S/C12H11BrN2OS/c1-16-9-5-2-6-10(11(9)14)17-12-8(13)4-3-7-15-12/h2-7H,14H2,1H3. The van der Waals surface area contributed by atoms with E-state index >= 15 is 0 Å². The van der Waals surface area contributed by atoms with Crippen molar-refractivity contribution in [3.8, 4) is 5.75 Å². The molecule has 2 rings (SSSR count). The minimum atomic E-state index is 0.637. The van der Waals surface area contributed by atoms with Crippen LogP contribution in [0.2, 0.25) is 0 Å². The number of benzene rings is 1. The second-order valence-electron chi connectivity index (χ2n) is 3.26. The summed E-state index contributed by atoms with van der Waals surface area (Å²) in [5.41, 5.74) is 6.64. The summed E-state index contributed by atoms with van der Waals surface area (Å²) in [6.45, 7) is 0. The number of methoxy groups -OCH3 is 1. The smallest absolute Gasteiger partial charge is 0.142 e. The Morgan fingerprint density at radius 2 is 2.12 bits per heavy atom. The first kappa shape index (κ1) is 12.3. The molecule has 0 spiro atoms. The van der Waals surface area contributed by atoms with Crippen LogP contribution in [-0.4, -0.2) is 12.1 Å². The van der Waals surface area contributed by atoms with Gasteiger partial charge in [-0.3, -0.25) is 0 Å². The van der Waals surface area contributed by atoms with Crippen LogP contribution in [0.5, 0.6) is 5.75 Å². The summed E-state index contributed by atoms with van der Waals surface area (Å²) in [7, 11) is 1.61. The van der Waals surface area contributed by atoms with E-state index in [9.17, 15) is 0 Å². The molecule has 3 nitrogen and oxygen atoms in total. The molecule has 1 heterocycles. The fourth-order valence-corrected chi connectivity index (χ4v) is 2.68. The van der Waals surface area contributed by atoms with Gasteiger partial charge in [0.2, 0.25) is 0 Å². The van der Waals surface area contributed by atoms with Crippen LogP contribution in [0.3, 0.4) is 0 Å². The lowest BCUT2D eigenvalue weighted by atomic mass is 10.3. The van der Waals surface area contributed by atoms with Crippen molar-refractivity contribution in [2.75, 3.05) is 12.8 Å². The Balaban J connectivity index is 2.34. The SMILES string of the molecule is COc1cccc(Sc2ncccc2Br)c1N. The maximum atomic E-state index is 6.00. The molecule has 0 saturated heterocycles.